The minimum absolute atomic E-state index is 0.00251. The predicted molar refractivity (Wildman–Crippen MR) is 119 cm³/mol. The number of carbonyl (C=O) groups is 3. The highest BCUT2D eigenvalue weighted by Gasteiger charge is 2.21. The fourth-order valence-corrected chi connectivity index (χ4v) is 3.52. The lowest BCUT2D eigenvalue weighted by Gasteiger charge is -2.16. The molecule has 1 aliphatic rings. The maximum atomic E-state index is 12.8. The summed E-state index contributed by atoms with van der Waals surface area (Å²) in [5, 5.41) is 10.6. The van der Waals surface area contributed by atoms with Gasteiger partial charge < -0.3 is 23.7 Å². The molecule has 1 aromatic heterocycles. The van der Waals surface area contributed by atoms with E-state index in [1.165, 1.54) is 19.2 Å². The number of furan rings is 1. The Morgan fingerprint density at radius 2 is 1.97 bits per heavy atom. The summed E-state index contributed by atoms with van der Waals surface area (Å²) < 4.78 is 21.2. The molecule has 0 unspecified atom stereocenters. The number of carbonyl (C=O) groups excluding carboxylic acids is 3. The summed E-state index contributed by atoms with van der Waals surface area (Å²) in [6, 6.07) is 6.03. The first-order valence-electron chi connectivity index (χ1n) is 10.9. The van der Waals surface area contributed by atoms with Crippen LogP contribution in [-0.4, -0.2) is 36.0 Å². The summed E-state index contributed by atoms with van der Waals surface area (Å²) in [5.74, 6) is -0.524. The number of aromatic hydroxyl groups is 1. The highest BCUT2D eigenvalue weighted by atomic mass is 16.5. The van der Waals surface area contributed by atoms with Crippen LogP contribution in [0.4, 0.5) is 0 Å². The molecule has 3 rings (SSSR count). The molecule has 0 spiro atoms. The van der Waals surface area contributed by atoms with Gasteiger partial charge >= 0.3 is 11.9 Å². The number of allylic oxidation sites excluding steroid dienone is 1. The number of phenolic OH excluding ortho intramolecular Hbond substituents is 1. The second-order valence-corrected chi connectivity index (χ2v) is 7.89. The molecule has 1 aliphatic heterocycles. The Balaban J connectivity index is 1.81. The molecule has 0 bridgehead atoms. The molecule has 1 atom stereocenters. The molecule has 8 heteroatoms. The van der Waals surface area contributed by atoms with Gasteiger partial charge in [-0.2, -0.15) is 0 Å². The van der Waals surface area contributed by atoms with Gasteiger partial charge in [-0.05, 0) is 56.4 Å². The quantitative estimate of drug-likeness (QED) is 0.651. The minimum atomic E-state index is -0.636. The van der Waals surface area contributed by atoms with E-state index in [1.807, 2.05) is 6.08 Å². The molecule has 0 fully saturated rings. The highest BCUT2D eigenvalue weighted by molar-refractivity contribution is 5.97. The molecule has 0 aliphatic carbocycles. The lowest BCUT2D eigenvalue weighted by Crippen LogP contribution is -2.17. The molecule has 0 saturated heterocycles. The van der Waals surface area contributed by atoms with E-state index in [2.05, 4.69) is 4.74 Å². The van der Waals surface area contributed by atoms with Crippen molar-refractivity contribution in [1.82, 2.24) is 0 Å². The lowest BCUT2D eigenvalue weighted by molar-refractivity contribution is -0.119. The monoisotopic (exact) mass is 456 g/mol. The van der Waals surface area contributed by atoms with Crippen molar-refractivity contribution >= 4 is 23.8 Å². The average Bonchev–Trinajstić information content (AvgIpc) is 3.25. The molecule has 8 nitrogen and oxygen atoms in total. The van der Waals surface area contributed by atoms with Crippen LogP contribution < -0.4 is 4.74 Å². The SMILES string of the molecule is COC(=O)c1ccc(COc2cc(O)c3c(c2)C=CCCCC(=O)CCC[C@@H](C)OC3=O)o1. The first-order chi connectivity index (χ1) is 15.9. The summed E-state index contributed by atoms with van der Waals surface area (Å²) in [7, 11) is 1.26. The molecule has 0 radical (unpaired) electrons. The maximum Gasteiger partial charge on any atom is 0.373 e. The second-order valence-electron chi connectivity index (χ2n) is 7.89. The van der Waals surface area contributed by atoms with E-state index in [4.69, 9.17) is 13.9 Å². The number of esters is 2. The third-order valence-electron chi connectivity index (χ3n) is 5.25. The number of ether oxygens (including phenoxy) is 3. The van der Waals surface area contributed by atoms with Crippen LogP contribution in [0.25, 0.3) is 6.08 Å². The largest absolute Gasteiger partial charge is 0.507 e. The molecule has 1 N–H and O–H groups in total. The van der Waals surface area contributed by atoms with Crippen molar-refractivity contribution in [3.63, 3.8) is 0 Å². The Labute approximate surface area is 192 Å². The number of hydrogen-bond donors (Lipinski definition) is 1. The van der Waals surface area contributed by atoms with Gasteiger partial charge in [-0.1, -0.05) is 12.2 Å². The number of cyclic esters (lactones) is 1. The predicted octanol–water partition coefficient (Wildman–Crippen LogP) is 4.83. The van der Waals surface area contributed by atoms with E-state index in [1.54, 1.807) is 25.1 Å². The van der Waals surface area contributed by atoms with Gasteiger partial charge in [-0.25, -0.2) is 9.59 Å². The zero-order valence-electron chi connectivity index (χ0n) is 18.8. The van der Waals surface area contributed by atoms with Gasteiger partial charge in [0.2, 0.25) is 5.76 Å². The van der Waals surface area contributed by atoms with Crippen molar-refractivity contribution in [3.05, 3.63) is 53.0 Å². The van der Waals surface area contributed by atoms with Gasteiger partial charge in [0.05, 0.1) is 13.2 Å². The maximum absolute atomic E-state index is 12.8. The molecule has 176 valence electrons. The third-order valence-corrected chi connectivity index (χ3v) is 5.25. The summed E-state index contributed by atoms with van der Waals surface area (Å²) in [6.07, 6.45) is 6.77. The van der Waals surface area contributed by atoms with Gasteiger partial charge in [0, 0.05) is 18.9 Å². The van der Waals surface area contributed by atoms with Crippen molar-refractivity contribution in [2.45, 2.75) is 58.2 Å². The normalized spacial score (nSPS) is 17.6. The first kappa shape index (κ1) is 24.1. The van der Waals surface area contributed by atoms with E-state index in [0.29, 0.717) is 55.6 Å². The minimum Gasteiger partial charge on any atom is -0.507 e. The first-order valence-corrected chi connectivity index (χ1v) is 10.9. The van der Waals surface area contributed by atoms with Gasteiger partial charge in [0.1, 0.15) is 35.2 Å². The average molecular weight is 456 g/mol. The van der Waals surface area contributed by atoms with Crippen LogP contribution in [0.15, 0.2) is 34.8 Å². The van der Waals surface area contributed by atoms with Crippen LogP contribution in [0.3, 0.4) is 0 Å². The van der Waals surface area contributed by atoms with Gasteiger partial charge in [0.25, 0.3) is 0 Å². The molecule has 0 saturated carbocycles. The zero-order chi connectivity index (χ0) is 23.8. The van der Waals surface area contributed by atoms with Crippen LogP contribution in [0.1, 0.15) is 77.7 Å². The Kier molecular flexibility index (Phi) is 8.29. The molecule has 2 heterocycles. The van der Waals surface area contributed by atoms with Gasteiger partial charge in [-0.3, -0.25) is 4.79 Å². The fourth-order valence-electron chi connectivity index (χ4n) is 3.52. The molecule has 2 aromatic rings. The Morgan fingerprint density at radius 3 is 2.76 bits per heavy atom. The number of Topliss-reactive ketones (excluding diaryl/α,β-unsaturated/α-hetero) is 1. The molecular formula is C25H28O8. The number of rotatable bonds is 4. The van der Waals surface area contributed by atoms with Crippen LogP contribution >= 0.6 is 0 Å². The number of benzene rings is 1. The highest BCUT2D eigenvalue weighted by Crippen LogP contribution is 2.31. The number of fused-ring (bicyclic) bond motifs is 1. The summed E-state index contributed by atoms with van der Waals surface area (Å²) in [4.78, 5) is 36.2. The van der Waals surface area contributed by atoms with Crippen molar-refractivity contribution < 1.29 is 38.1 Å². The summed E-state index contributed by atoms with van der Waals surface area (Å²) in [6.45, 7) is 1.77. The van der Waals surface area contributed by atoms with Gasteiger partial charge in [0.15, 0.2) is 0 Å². The zero-order valence-corrected chi connectivity index (χ0v) is 18.8. The second kappa shape index (κ2) is 11.4. The Bertz CT molecular complexity index is 1030. The van der Waals surface area contributed by atoms with E-state index >= 15 is 0 Å². The van der Waals surface area contributed by atoms with Crippen LogP contribution in [0, 0.1) is 0 Å². The smallest absolute Gasteiger partial charge is 0.373 e. The van der Waals surface area contributed by atoms with E-state index in [-0.39, 0.29) is 35.6 Å². The van der Waals surface area contributed by atoms with Crippen LogP contribution in [-0.2, 0) is 20.9 Å². The molecule has 0 amide bonds. The van der Waals surface area contributed by atoms with Crippen LogP contribution in [0.5, 0.6) is 11.5 Å². The number of ketones is 1. The topological polar surface area (TPSA) is 112 Å². The standard InChI is InChI=1S/C25H28O8/c1-16-7-6-10-18(26)9-5-3-4-8-17-13-20(14-21(27)23(17)25(29)32-16)31-15-19-11-12-22(33-19)24(28)30-2/h4,8,11-14,16,27H,3,5-7,9-10,15H2,1-2H3/t16-/m1/s1. The van der Waals surface area contributed by atoms with Crippen LogP contribution in [0.2, 0.25) is 0 Å². The summed E-state index contributed by atoms with van der Waals surface area (Å²) in [5.41, 5.74) is 0.504. The fraction of sp³-hybridized carbons (Fsp3) is 0.400. The third kappa shape index (κ3) is 6.71. The lowest BCUT2D eigenvalue weighted by atomic mass is 10.0. The van der Waals surface area contributed by atoms with Crippen molar-refractivity contribution in [2.24, 2.45) is 0 Å². The number of phenols is 1. The van der Waals surface area contributed by atoms with Crippen molar-refractivity contribution in [2.75, 3.05) is 7.11 Å². The number of methoxy groups -OCH3 is 1. The number of hydrogen-bond acceptors (Lipinski definition) is 8. The van der Waals surface area contributed by atoms with E-state index in [0.717, 1.165) is 0 Å². The van der Waals surface area contributed by atoms with E-state index in [9.17, 15) is 19.5 Å². The van der Waals surface area contributed by atoms with Crippen molar-refractivity contribution in [3.8, 4) is 11.5 Å². The molecular weight excluding hydrogens is 428 g/mol. The Morgan fingerprint density at radius 1 is 1.18 bits per heavy atom. The van der Waals surface area contributed by atoms with Gasteiger partial charge in [-0.15, -0.1) is 0 Å². The van der Waals surface area contributed by atoms with Crippen molar-refractivity contribution in [1.29, 1.82) is 0 Å². The van der Waals surface area contributed by atoms with E-state index < -0.39 is 11.9 Å². The molecule has 33 heavy (non-hydrogen) atoms. The summed E-state index contributed by atoms with van der Waals surface area (Å²) >= 11 is 0. The Hall–Kier alpha value is -3.55. The molecule has 1 aromatic carbocycles.